The van der Waals surface area contributed by atoms with Crippen LogP contribution < -0.4 is 9.47 Å². The smallest absolute Gasteiger partial charge is 0.347 e. The van der Waals surface area contributed by atoms with Crippen molar-refractivity contribution in [2.45, 2.75) is 13.8 Å². The summed E-state index contributed by atoms with van der Waals surface area (Å²) in [5.74, 6) is 0.735. The van der Waals surface area contributed by atoms with Crippen molar-refractivity contribution in [2.75, 3.05) is 13.7 Å². The molecule has 0 radical (unpaired) electrons. The lowest BCUT2D eigenvalue weighted by Gasteiger charge is -2.13. The van der Waals surface area contributed by atoms with Gasteiger partial charge in [0.1, 0.15) is 9.88 Å². The third kappa shape index (κ3) is 3.72. The quantitative estimate of drug-likeness (QED) is 0.884. The third-order valence-electron chi connectivity index (χ3n) is 2.70. The third-order valence-corrected chi connectivity index (χ3v) is 3.73. The zero-order chi connectivity index (χ0) is 15.4. The first-order chi connectivity index (χ1) is 10.0. The van der Waals surface area contributed by atoms with Crippen LogP contribution >= 0.6 is 11.3 Å². The largest absolute Gasteiger partial charge is 0.493 e. The Morgan fingerprint density at radius 3 is 2.71 bits per heavy atom. The number of nitrogens with zero attached hydrogens (tertiary/aromatic N) is 1. The lowest BCUT2D eigenvalue weighted by Crippen LogP contribution is -2.05. The van der Waals surface area contributed by atoms with Crippen LogP contribution in [0, 0.1) is 5.92 Å². The Kier molecular flexibility index (Phi) is 4.80. The fraction of sp³-hybridized carbons (Fsp3) is 0.333. The highest BCUT2D eigenvalue weighted by molar-refractivity contribution is 7.16. The van der Waals surface area contributed by atoms with Crippen molar-refractivity contribution in [2.24, 2.45) is 5.92 Å². The number of carboxylic acid groups (broad SMARTS) is 1. The predicted octanol–water partition coefficient (Wildman–Crippen LogP) is 3.55. The lowest BCUT2D eigenvalue weighted by molar-refractivity contribution is 0.0702. The summed E-state index contributed by atoms with van der Waals surface area (Å²) in [6.07, 6.45) is 1.36. The van der Waals surface area contributed by atoms with Crippen molar-refractivity contribution >= 4 is 17.3 Å². The summed E-state index contributed by atoms with van der Waals surface area (Å²) in [5, 5.41) is 9.58. The highest BCUT2D eigenvalue weighted by atomic mass is 32.1. The second-order valence-electron chi connectivity index (χ2n) is 4.91. The van der Waals surface area contributed by atoms with E-state index in [-0.39, 0.29) is 4.88 Å². The number of carbonyl (C=O) groups is 1. The van der Waals surface area contributed by atoms with Gasteiger partial charge in [0.2, 0.25) is 0 Å². The predicted molar refractivity (Wildman–Crippen MR) is 81.4 cm³/mol. The summed E-state index contributed by atoms with van der Waals surface area (Å²) in [4.78, 5) is 15.2. The van der Waals surface area contributed by atoms with Gasteiger partial charge in [0, 0.05) is 5.56 Å². The van der Waals surface area contributed by atoms with Crippen molar-refractivity contribution in [3.8, 4) is 22.1 Å². The van der Waals surface area contributed by atoms with E-state index in [4.69, 9.17) is 14.6 Å². The van der Waals surface area contributed by atoms with Crippen molar-refractivity contribution in [1.82, 2.24) is 4.98 Å². The number of methoxy groups -OCH3 is 1. The van der Waals surface area contributed by atoms with Crippen LogP contribution in [0.25, 0.3) is 10.6 Å². The van der Waals surface area contributed by atoms with Gasteiger partial charge >= 0.3 is 5.97 Å². The van der Waals surface area contributed by atoms with Gasteiger partial charge in [0.15, 0.2) is 11.5 Å². The molecule has 2 rings (SSSR count). The number of hydrogen-bond donors (Lipinski definition) is 1. The van der Waals surface area contributed by atoms with E-state index in [2.05, 4.69) is 18.8 Å². The Morgan fingerprint density at radius 2 is 2.14 bits per heavy atom. The molecular formula is C15H17NO4S. The maximum absolute atomic E-state index is 10.9. The Labute approximate surface area is 127 Å². The zero-order valence-electron chi connectivity index (χ0n) is 12.1. The van der Waals surface area contributed by atoms with E-state index in [0.717, 1.165) is 16.9 Å². The van der Waals surface area contributed by atoms with E-state index in [1.807, 2.05) is 12.1 Å². The van der Waals surface area contributed by atoms with Gasteiger partial charge in [-0.05, 0) is 24.1 Å². The van der Waals surface area contributed by atoms with Crippen molar-refractivity contribution in [3.63, 3.8) is 0 Å². The molecule has 5 nitrogen and oxygen atoms in total. The van der Waals surface area contributed by atoms with Gasteiger partial charge in [0.25, 0.3) is 0 Å². The van der Waals surface area contributed by atoms with Crippen LogP contribution in [0.5, 0.6) is 11.5 Å². The topological polar surface area (TPSA) is 68.7 Å². The summed E-state index contributed by atoms with van der Waals surface area (Å²) in [7, 11) is 1.58. The highest BCUT2D eigenvalue weighted by Gasteiger charge is 2.13. The normalized spacial score (nSPS) is 10.7. The minimum Gasteiger partial charge on any atom is -0.493 e. The number of thiazole rings is 1. The van der Waals surface area contributed by atoms with Crippen LogP contribution in [0.1, 0.15) is 23.5 Å². The van der Waals surface area contributed by atoms with E-state index in [1.165, 1.54) is 6.20 Å². The van der Waals surface area contributed by atoms with E-state index in [1.54, 1.807) is 13.2 Å². The van der Waals surface area contributed by atoms with Crippen LogP contribution in [0.4, 0.5) is 0 Å². The molecule has 0 saturated carbocycles. The first-order valence-electron chi connectivity index (χ1n) is 6.51. The van der Waals surface area contributed by atoms with Gasteiger partial charge in [-0.15, -0.1) is 11.3 Å². The monoisotopic (exact) mass is 307 g/mol. The van der Waals surface area contributed by atoms with Crippen molar-refractivity contribution < 1.29 is 19.4 Å². The molecular weight excluding hydrogens is 290 g/mol. The maximum Gasteiger partial charge on any atom is 0.347 e. The Morgan fingerprint density at radius 1 is 1.38 bits per heavy atom. The summed E-state index contributed by atoms with van der Waals surface area (Å²) in [6.45, 7) is 4.75. The number of carboxylic acids is 1. The minimum atomic E-state index is -0.970. The maximum atomic E-state index is 10.9. The second kappa shape index (κ2) is 6.58. The standard InChI is InChI=1S/C15H17NO4S/c1-9(2)8-20-11-5-4-10(6-12(11)19-3)14-16-7-13(21-14)15(17)18/h4-7,9H,8H2,1-3H3,(H,17,18). The molecule has 0 fully saturated rings. The van der Waals surface area contributed by atoms with Gasteiger partial charge in [0.05, 0.1) is 19.9 Å². The van der Waals surface area contributed by atoms with Crippen LogP contribution in [-0.2, 0) is 0 Å². The number of benzene rings is 1. The molecule has 0 atom stereocenters. The molecule has 1 N–H and O–H groups in total. The van der Waals surface area contributed by atoms with Gasteiger partial charge in [-0.2, -0.15) is 0 Å². The molecule has 0 unspecified atom stereocenters. The summed E-state index contributed by atoms with van der Waals surface area (Å²) < 4.78 is 11.0. The molecule has 0 aliphatic carbocycles. The molecule has 2 aromatic rings. The Balaban J connectivity index is 2.27. The molecule has 1 aromatic heterocycles. The second-order valence-corrected chi connectivity index (χ2v) is 5.94. The molecule has 1 aromatic carbocycles. The van der Waals surface area contributed by atoms with Gasteiger partial charge < -0.3 is 14.6 Å². The molecule has 0 aliphatic rings. The van der Waals surface area contributed by atoms with Crippen molar-refractivity contribution in [3.05, 3.63) is 29.3 Å². The number of aromatic nitrogens is 1. The molecule has 0 amide bonds. The SMILES string of the molecule is COc1cc(-c2ncc(C(=O)O)s2)ccc1OCC(C)C. The van der Waals surface area contributed by atoms with Gasteiger partial charge in [-0.25, -0.2) is 9.78 Å². The highest BCUT2D eigenvalue weighted by Crippen LogP contribution is 2.34. The van der Waals surface area contributed by atoms with Gasteiger partial charge in [-0.1, -0.05) is 13.8 Å². The van der Waals surface area contributed by atoms with Crippen LogP contribution in [0.3, 0.4) is 0 Å². The number of hydrogen-bond acceptors (Lipinski definition) is 5. The molecule has 0 bridgehead atoms. The van der Waals surface area contributed by atoms with Crippen molar-refractivity contribution in [1.29, 1.82) is 0 Å². The van der Waals surface area contributed by atoms with E-state index >= 15 is 0 Å². The van der Waals surface area contributed by atoms with E-state index < -0.39 is 5.97 Å². The fourth-order valence-electron chi connectivity index (χ4n) is 1.68. The summed E-state index contributed by atoms with van der Waals surface area (Å²) in [5.41, 5.74) is 0.807. The molecule has 0 spiro atoms. The summed E-state index contributed by atoms with van der Waals surface area (Å²) >= 11 is 1.13. The first-order valence-corrected chi connectivity index (χ1v) is 7.33. The zero-order valence-corrected chi connectivity index (χ0v) is 12.9. The Hall–Kier alpha value is -2.08. The van der Waals surface area contributed by atoms with E-state index in [9.17, 15) is 4.79 Å². The molecule has 21 heavy (non-hydrogen) atoms. The Bertz CT molecular complexity index is 636. The molecule has 1 heterocycles. The molecule has 112 valence electrons. The van der Waals surface area contributed by atoms with Crippen LogP contribution in [0.2, 0.25) is 0 Å². The van der Waals surface area contributed by atoms with Gasteiger partial charge in [-0.3, -0.25) is 0 Å². The molecule has 0 aliphatic heterocycles. The van der Waals surface area contributed by atoms with Crippen LogP contribution in [-0.4, -0.2) is 29.8 Å². The first kappa shape index (κ1) is 15.3. The van der Waals surface area contributed by atoms with E-state index in [0.29, 0.717) is 29.0 Å². The molecule has 0 saturated heterocycles. The van der Waals surface area contributed by atoms with Crippen LogP contribution in [0.15, 0.2) is 24.4 Å². The molecule has 6 heteroatoms. The number of ether oxygens (including phenoxy) is 2. The number of aromatic carboxylic acids is 1. The lowest BCUT2D eigenvalue weighted by atomic mass is 10.2. The average molecular weight is 307 g/mol. The average Bonchev–Trinajstić information content (AvgIpc) is 2.94. The fourth-order valence-corrected chi connectivity index (χ4v) is 2.43. The summed E-state index contributed by atoms with van der Waals surface area (Å²) in [6, 6.07) is 5.47. The number of rotatable bonds is 6. The minimum absolute atomic E-state index is 0.212.